The van der Waals surface area contributed by atoms with Crippen molar-refractivity contribution in [1.82, 2.24) is 0 Å². The zero-order chi connectivity index (χ0) is 24.5. The van der Waals surface area contributed by atoms with E-state index in [1.807, 2.05) is 91.0 Å². The molecule has 0 heterocycles. The van der Waals surface area contributed by atoms with E-state index in [0.717, 1.165) is 16.7 Å². The predicted molar refractivity (Wildman–Crippen MR) is 132 cm³/mol. The molecule has 6 heteroatoms. The van der Waals surface area contributed by atoms with Gasteiger partial charge < -0.3 is 24.4 Å². The molecule has 1 unspecified atom stereocenters. The van der Waals surface area contributed by atoms with E-state index < -0.39 is 12.1 Å². The summed E-state index contributed by atoms with van der Waals surface area (Å²) in [6.45, 7) is 0.421. The van der Waals surface area contributed by atoms with Crippen molar-refractivity contribution in [3.8, 4) is 23.0 Å². The SMILES string of the molecule is O=C(O)C(Cc1ccccc1)Oc1cc(OCc2ccccc2)c(O)c(OCc2ccccc2)c1. The molecule has 4 aromatic rings. The Balaban J connectivity index is 1.58. The fourth-order valence-electron chi connectivity index (χ4n) is 3.49. The number of carbonyl (C=O) groups is 1. The van der Waals surface area contributed by atoms with Gasteiger partial charge in [-0.25, -0.2) is 4.79 Å². The van der Waals surface area contributed by atoms with Gasteiger partial charge in [-0.3, -0.25) is 0 Å². The van der Waals surface area contributed by atoms with Crippen LogP contribution in [0.2, 0.25) is 0 Å². The lowest BCUT2D eigenvalue weighted by Crippen LogP contribution is -2.29. The van der Waals surface area contributed by atoms with Gasteiger partial charge in [-0.15, -0.1) is 0 Å². The van der Waals surface area contributed by atoms with Crippen LogP contribution in [0, 0.1) is 0 Å². The molecule has 4 rings (SSSR count). The Kier molecular flexibility index (Phi) is 7.86. The monoisotopic (exact) mass is 470 g/mol. The van der Waals surface area contributed by atoms with Crippen molar-refractivity contribution in [2.45, 2.75) is 25.7 Å². The van der Waals surface area contributed by atoms with Gasteiger partial charge in [0.05, 0.1) is 0 Å². The number of phenols is 1. The van der Waals surface area contributed by atoms with Crippen LogP contribution >= 0.6 is 0 Å². The molecule has 4 aromatic carbocycles. The normalized spacial score (nSPS) is 11.4. The quantitative estimate of drug-likeness (QED) is 0.296. The van der Waals surface area contributed by atoms with Crippen LogP contribution in [0.5, 0.6) is 23.0 Å². The van der Waals surface area contributed by atoms with E-state index in [1.165, 1.54) is 12.1 Å². The molecule has 0 saturated carbocycles. The van der Waals surface area contributed by atoms with Crippen molar-refractivity contribution < 1.29 is 29.2 Å². The maximum absolute atomic E-state index is 11.9. The van der Waals surface area contributed by atoms with Crippen molar-refractivity contribution in [1.29, 1.82) is 0 Å². The summed E-state index contributed by atoms with van der Waals surface area (Å²) < 4.78 is 17.6. The van der Waals surface area contributed by atoms with E-state index in [0.29, 0.717) is 0 Å². The average Bonchev–Trinajstić information content (AvgIpc) is 2.89. The van der Waals surface area contributed by atoms with Crippen molar-refractivity contribution in [2.75, 3.05) is 0 Å². The van der Waals surface area contributed by atoms with Gasteiger partial charge in [0.2, 0.25) is 5.75 Å². The van der Waals surface area contributed by atoms with E-state index >= 15 is 0 Å². The van der Waals surface area contributed by atoms with E-state index in [1.54, 1.807) is 0 Å². The van der Waals surface area contributed by atoms with Gasteiger partial charge in [0.1, 0.15) is 19.0 Å². The topological polar surface area (TPSA) is 85.2 Å². The second-order valence-corrected chi connectivity index (χ2v) is 7.95. The standard InChI is InChI=1S/C29H26O6/c30-28-25(33-19-22-12-6-2-7-13-22)17-24(18-26(28)34-20-23-14-8-3-9-15-23)35-27(29(31)32)16-21-10-4-1-5-11-21/h1-15,17-18,27,30H,16,19-20H2,(H,31,32). The largest absolute Gasteiger partial charge is 0.502 e. The Morgan fingerprint density at radius 2 is 1.11 bits per heavy atom. The summed E-state index contributed by atoms with van der Waals surface area (Å²) in [7, 11) is 0. The van der Waals surface area contributed by atoms with Crippen LogP contribution < -0.4 is 14.2 Å². The Hall–Kier alpha value is -4.45. The summed E-state index contributed by atoms with van der Waals surface area (Å²) in [5.41, 5.74) is 2.66. The third-order valence-corrected chi connectivity index (χ3v) is 5.31. The number of benzene rings is 4. The molecule has 0 bridgehead atoms. The molecule has 0 aliphatic carbocycles. The molecule has 0 aromatic heterocycles. The molecule has 1 atom stereocenters. The van der Waals surface area contributed by atoms with E-state index in [4.69, 9.17) is 14.2 Å². The van der Waals surface area contributed by atoms with E-state index in [9.17, 15) is 15.0 Å². The summed E-state index contributed by atoms with van der Waals surface area (Å²) >= 11 is 0. The fraction of sp³-hybridized carbons (Fsp3) is 0.138. The molecule has 0 radical (unpaired) electrons. The molecule has 0 spiro atoms. The van der Waals surface area contributed by atoms with Gasteiger partial charge in [0.25, 0.3) is 0 Å². The first kappa shape index (κ1) is 23.7. The van der Waals surface area contributed by atoms with Crippen LogP contribution in [0.25, 0.3) is 0 Å². The Morgan fingerprint density at radius 1 is 0.686 bits per heavy atom. The van der Waals surface area contributed by atoms with Gasteiger partial charge in [-0.2, -0.15) is 0 Å². The van der Waals surface area contributed by atoms with Crippen LogP contribution in [0.1, 0.15) is 16.7 Å². The Morgan fingerprint density at radius 3 is 1.54 bits per heavy atom. The third kappa shape index (κ3) is 6.77. The summed E-state index contributed by atoms with van der Waals surface area (Å²) in [6.07, 6.45) is -0.955. The average molecular weight is 471 g/mol. The number of ether oxygens (including phenoxy) is 3. The van der Waals surface area contributed by atoms with Crippen LogP contribution in [-0.2, 0) is 24.4 Å². The van der Waals surface area contributed by atoms with Crippen molar-refractivity contribution in [2.24, 2.45) is 0 Å². The molecular weight excluding hydrogens is 444 g/mol. The van der Waals surface area contributed by atoms with Crippen LogP contribution in [0.15, 0.2) is 103 Å². The minimum atomic E-state index is -1.13. The lowest BCUT2D eigenvalue weighted by molar-refractivity contribution is -0.145. The predicted octanol–water partition coefficient (Wildman–Crippen LogP) is 5.62. The molecule has 6 nitrogen and oxygen atoms in total. The minimum Gasteiger partial charge on any atom is -0.502 e. The molecule has 0 amide bonds. The van der Waals surface area contributed by atoms with Gasteiger partial charge in [-0.1, -0.05) is 91.0 Å². The van der Waals surface area contributed by atoms with E-state index in [-0.39, 0.29) is 42.6 Å². The summed E-state index contributed by atoms with van der Waals surface area (Å²) in [6, 6.07) is 31.2. The summed E-state index contributed by atoms with van der Waals surface area (Å²) in [4.78, 5) is 11.9. The van der Waals surface area contributed by atoms with Crippen LogP contribution in [-0.4, -0.2) is 22.3 Å². The number of phenolic OH excluding ortho intramolecular Hbond substituents is 1. The number of carboxylic acids is 1. The van der Waals surface area contributed by atoms with Gasteiger partial charge in [0.15, 0.2) is 17.6 Å². The number of rotatable bonds is 11. The number of aliphatic carboxylic acids is 1. The molecular formula is C29H26O6. The highest BCUT2D eigenvalue weighted by Gasteiger charge is 2.22. The Bertz CT molecular complexity index is 1160. The smallest absolute Gasteiger partial charge is 0.345 e. The first-order valence-corrected chi connectivity index (χ1v) is 11.2. The fourth-order valence-corrected chi connectivity index (χ4v) is 3.49. The highest BCUT2D eigenvalue weighted by molar-refractivity contribution is 5.73. The van der Waals surface area contributed by atoms with Gasteiger partial charge >= 0.3 is 5.97 Å². The van der Waals surface area contributed by atoms with Crippen molar-refractivity contribution >= 4 is 5.97 Å². The number of hydrogen-bond donors (Lipinski definition) is 2. The zero-order valence-electron chi connectivity index (χ0n) is 19.0. The number of aromatic hydroxyl groups is 1. The summed E-state index contributed by atoms with van der Waals surface area (Å²) in [5.74, 6) is -0.784. The third-order valence-electron chi connectivity index (χ3n) is 5.31. The van der Waals surface area contributed by atoms with E-state index in [2.05, 4.69) is 0 Å². The molecule has 0 aliphatic heterocycles. The first-order valence-electron chi connectivity index (χ1n) is 11.2. The summed E-state index contributed by atoms with van der Waals surface area (Å²) in [5, 5.41) is 20.6. The second-order valence-electron chi connectivity index (χ2n) is 7.95. The molecule has 0 fully saturated rings. The maximum atomic E-state index is 11.9. The number of carboxylic acid groups (broad SMARTS) is 1. The minimum absolute atomic E-state index is 0.137. The molecule has 2 N–H and O–H groups in total. The number of hydrogen-bond acceptors (Lipinski definition) is 5. The molecule has 35 heavy (non-hydrogen) atoms. The maximum Gasteiger partial charge on any atom is 0.345 e. The van der Waals surface area contributed by atoms with Crippen molar-refractivity contribution in [3.05, 3.63) is 120 Å². The molecule has 0 aliphatic rings. The van der Waals surface area contributed by atoms with Gasteiger partial charge in [-0.05, 0) is 16.7 Å². The van der Waals surface area contributed by atoms with Crippen molar-refractivity contribution in [3.63, 3.8) is 0 Å². The second kappa shape index (κ2) is 11.6. The lowest BCUT2D eigenvalue weighted by atomic mass is 10.1. The molecule has 178 valence electrons. The highest BCUT2D eigenvalue weighted by atomic mass is 16.5. The zero-order valence-corrected chi connectivity index (χ0v) is 19.0. The van der Waals surface area contributed by atoms with Crippen LogP contribution in [0.3, 0.4) is 0 Å². The molecule has 0 saturated heterocycles. The highest BCUT2D eigenvalue weighted by Crippen LogP contribution is 2.41. The first-order chi connectivity index (χ1) is 17.1. The van der Waals surface area contributed by atoms with Gasteiger partial charge in [0, 0.05) is 18.6 Å². The van der Waals surface area contributed by atoms with Crippen LogP contribution in [0.4, 0.5) is 0 Å². The Labute approximate surface area is 204 Å². The lowest BCUT2D eigenvalue weighted by Gasteiger charge is -2.19.